The Morgan fingerprint density at radius 2 is 1.95 bits per heavy atom. The average molecular weight is 271 g/mol. The zero-order chi connectivity index (χ0) is 13.9. The number of para-hydroxylation sites is 1. The lowest BCUT2D eigenvalue weighted by Crippen LogP contribution is -2.22. The van der Waals surface area contributed by atoms with Gasteiger partial charge in [0.1, 0.15) is 0 Å². The van der Waals surface area contributed by atoms with Crippen LogP contribution in [-0.4, -0.2) is 6.54 Å². The van der Waals surface area contributed by atoms with Crippen molar-refractivity contribution in [2.45, 2.75) is 38.8 Å². The number of nitrogens with one attached hydrogen (secondary N) is 1. The number of rotatable bonds is 3. The molecule has 19 heavy (non-hydrogen) atoms. The summed E-state index contributed by atoms with van der Waals surface area (Å²) < 4.78 is 38.5. The molecule has 2 atom stereocenters. The van der Waals surface area contributed by atoms with E-state index in [-0.39, 0.29) is 5.69 Å². The number of hydrogen-bond acceptors (Lipinski definition) is 1. The fraction of sp³-hybridized carbons (Fsp3) is 0.600. The first-order chi connectivity index (χ1) is 8.97. The molecule has 0 heterocycles. The molecule has 0 bridgehead atoms. The third-order valence-corrected chi connectivity index (χ3v) is 3.86. The molecule has 0 aromatic heterocycles. The molecule has 1 nitrogen and oxygen atoms in total. The smallest absolute Gasteiger partial charge is 0.384 e. The summed E-state index contributed by atoms with van der Waals surface area (Å²) in [6.07, 6.45) is 0.375. The van der Waals surface area contributed by atoms with Gasteiger partial charge < -0.3 is 5.32 Å². The van der Waals surface area contributed by atoms with Crippen molar-refractivity contribution >= 4 is 5.69 Å². The highest BCUT2D eigenvalue weighted by Gasteiger charge is 2.33. The summed E-state index contributed by atoms with van der Waals surface area (Å²) in [7, 11) is 0. The van der Waals surface area contributed by atoms with E-state index in [9.17, 15) is 13.2 Å². The van der Waals surface area contributed by atoms with E-state index in [1.54, 1.807) is 6.07 Å². The van der Waals surface area contributed by atoms with Crippen LogP contribution in [0.1, 0.15) is 38.2 Å². The first-order valence-electron chi connectivity index (χ1n) is 6.87. The van der Waals surface area contributed by atoms with Gasteiger partial charge in [-0.3, -0.25) is 0 Å². The van der Waals surface area contributed by atoms with E-state index in [1.165, 1.54) is 25.0 Å². The second-order valence-electron chi connectivity index (χ2n) is 5.56. The number of halogens is 3. The molecule has 0 radical (unpaired) electrons. The summed E-state index contributed by atoms with van der Waals surface area (Å²) in [5.74, 6) is 1.18. The Morgan fingerprint density at radius 3 is 2.63 bits per heavy atom. The van der Waals surface area contributed by atoms with E-state index >= 15 is 0 Å². The molecule has 1 aliphatic carbocycles. The van der Waals surface area contributed by atoms with Crippen molar-refractivity contribution in [3.8, 4) is 0 Å². The lowest BCUT2D eigenvalue weighted by Gasteiger charge is -2.27. The van der Waals surface area contributed by atoms with Gasteiger partial charge in [-0.1, -0.05) is 31.9 Å². The number of benzene rings is 1. The summed E-state index contributed by atoms with van der Waals surface area (Å²) in [5.41, 5.74) is -0.368. The zero-order valence-electron chi connectivity index (χ0n) is 11.1. The molecule has 2 unspecified atom stereocenters. The van der Waals surface area contributed by atoms with Crippen LogP contribution in [0.4, 0.5) is 18.9 Å². The molecule has 0 saturated heterocycles. The van der Waals surface area contributed by atoms with Crippen molar-refractivity contribution in [2.24, 2.45) is 11.8 Å². The Balaban J connectivity index is 1.99. The third-order valence-electron chi connectivity index (χ3n) is 3.86. The van der Waals surface area contributed by atoms with E-state index in [4.69, 9.17) is 0 Å². The van der Waals surface area contributed by atoms with Crippen LogP contribution in [-0.2, 0) is 6.18 Å². The number of hydrogen-bond donors (Lipinski definition) is 1. The minimum Gasteiger partial charge on any atom is -0.384 e. The topological polar surface area (TPSA) is 12.0 Å². The molecular formula is C15H20F3N. The van der Waals surface area contributed by atoms with Crippen molar-refractivity contribution in [3.63, 3.8) is 0 Å². The minimum atomic E-state index is -4.29. The SMILES string of the molecule is CC1CCCC(CNc2ccccc2C(F)(F)F)C1. The van der Waals surface area contributed by atoms with Gasteiger partial charge in [0.2, 0.25) is 0 Å². The van der Waals surface area contributed by atoms with Crippen molar-refractivity contribution < 1.29 is 13.2 Å². The highest BCUT2D eigenvalue weighted by atomic mass is 19.4. The Hall–Kier alpha value is -1.19. The highest BCUT2D eigenvalue weighted by molar-refractivity contribution is 5.52. The largest absolute Gasteiger partial charge is 0.418 e. The molecule has 1 aliphatic rings. The fourth-order valence-electron chi connectivity index (χ4n) is 2.88. The fourth-order valence-corrected chi connectivity index (χ4v) is 2.88. The van der Waals surface area contributed by atoms with Crippen molar-refractivity contribution in [1.82, 2.24) is 0 Å². The van der Waals surface area contributed by atoms with Crippen molar-refractivity contribution in [1.29, 1.82) is 0 Å². The van der Waals surface area contributed by atoms with E-state index in [0.717, 1.165) is 18.9 Å². The van der Waals surface area contributed by atoms with Gasteiger partial charge in [-0.2, -0.15) is 13.2 Å². The molecule has 0 spiro atoms. The lowest BCUT2D eigenvalue weighted by atomic mass is 9.82. The zero-order valence-corrected chi connectivity index (χ0v) is 11.1. The Kier molecular flexibility index (Phi) is 4.38. The van der Waals surface area contributed by atoms with Gasteiger partial charge in [0.25, 0.3) is 0 Å². The van der Waals surface area contributed by atoms with Gasteiger partial charge in [0.15, 0.2) is 0 Å². The van der Waals surface area contributed by atoms with Crippen LogP contribution in [0.15, 0.2) is 24.3 Å². The normalized spacial score (nSPS) is 24.2. The minimum absolute atomic E-state index is 0.202. The van der Waals surface area contributed by atoms with E-state index in [2.05, 4.69) is 12.2 Å². The maximum atomic E-state index is 12.8. The van der Waals surface area contributed by atoms with Gasteiger partial charge in [0.05, 0.1) is 5.56 Å². The second-order valence-corrected chi connectivity index (χ2v) is 5.56. The first-order valence-corrected chi connectivity index (χ1v) is 6.87. The molecule has 1 saturated carbocycles. The molecule has 1 aromatic rings. The third kappa shape index (κ3) is 3.88. The molecule has 4 heteroatoms. The van der Waals surface area contributed by atoms with Crippen LogP contribution in [0.2, 0.25) is 0 Å². The summed E-state index contributed by atoms with van der Waals surface area (Å²) in [4.78, 5) is 0. The molecule has 1 aromatic carbocycles. The van der Waals surface area contributed by atoms with Gasteiger partial charge in [-0.05, 0) is 36.8 Å². The monoisotopic (exact) mass is 271 g/mol. The van der Waals surface area contributed by atoms with E-state index < -0.39 is 11.7 Å². The van der Waals surface area contributed by atoms with Crippen LogP contribution in [0.5, 0.6) is 0 Å². The van der Waals surface area contributed by atoms with Gasteiger partial charge in [0, 0.05) is 12.2 Å². The summed E-state index contributed by atoms with van der Waals surface area (Å²) >= 11 is 0. The highest BCUT2D eigenvalue weighted by Crippen LogP contribution is 2.35. The molecule has 0 amide bonds. The number of anilines is 1. The standard InChI is InChI=1S/C15H20F3N/c1-11-5-4-6-12(9-11)10-19-14-8-3-2-7-13(14)15(16,17)18/h2-3,7-8,11-12,19H,4-6,9-10H2,1H3. The Labute approximate surface area is 112 Å². The van der Waals surface area contributed by atoms with Crippen LogP contribution in [0.25, 0.3) is 0 Å². The number of alkyl halides is 3. The van der Waals surface area contributed by atoms with Crippen LogP contribution in [0, 0.1) is 11.8 Å². The quantitative estimate of drug-likeness (QED) is 0.820. The van der Waals surface area contributed by atoms with Crippen LogP contribution in [0.3, 0.4) is 0 Å². The van der Waals surface area contributed by atoms with Crippen LogP contribution < -0.4 is 5.32 Å². The molecule has 1 fully saturated rings. The average Bonchev–Trinajstić information content (AvgIpc) is 2.36. The Morgan fingerprint density at radius 1 is 1.21 bits per heavy atom. The Bertz CT molecular complexity index is 414. The maximum Gasteiger partial charge on any atom is 0.418 e. The van der Waals surface area contributed by atoms with Gasteiger partial charge in [-0.25, -0.2) is 0 Å². The van der Waals surface area contributed by atoms with E-state index in [0.29, 0.717) is 18.4 Å². The molecule has 106 valence electrons. The van der Waals surface area contributed by atoms with Crippen molar-refractivity contribution in [3.05, 3.63) is 29.8 Å². The molecule has 1 N–H and O–H groups in total. The maximum absolute atomic E-state index is 12.8. The summed E-state index contributed by atoms with van der Waals surface area (Å²) in [6.45, 7) is 2.85. The predicted molar refractivity (Wildman–Crippen MR) is 71.1 cm³/mol. The van der Waals surface area contributed by atoms with Crippen molar-refractivity contribution in [2.75, 3.05) is 11.9 Å². The summed E-state index contributed by atoms with van der Waals surface area (Å²) in [5, 5.41) is 2.99. The van der Waals surface area contributed by atoms with Gasteiger partial charge >= 0.3 is 6.18 Å². The second kappa shape index (κ2) is 5.85. The predicted octanol–water partition coefficient (Wildman–Crippen LogP) is 4.94. The van der Waals surface area contributed by atoms with E-state index in [1.807, 2.05) is 0 Å². The molecule has 2 rings (SSSR count). The van der Waals surface area contributed by atoms with Gasteiger partial charge in [-0.15, -0.1) is 0 Å². The van der Waals surface area contributed by atoms with Crippen LogP contribution >= 0.6 is 0 Å². The lowest BCUT2D eigenvalue weighted by molar-refractivity contribution is -0.137. The molecule has 0 aliphatic heterocycles. The molecular weight excluding hydrogens is 251 g/mol. The first kappa shape index (κ1) is 14.2. The summed E-state index contributed by atoms with van der Waals surface area (Å²) in [6, 6.07) is 5.71.